The Balaban J connectivity index is 0.00000169. The van der Waals surface area contributed by atoms with Gasteiger partial charge in [0.2, 0.25) is 5.91 Å². The van der Waals surface area contributed by atoms with Gasteiger partial charge in [0, 0.05) is 23.5 Å². The fourth-order valence-corrected chi connectivity index (χ4v) is 3.93. The molecule has 0 spiro atoms. The summed E-state index contributed by atoms with van der Waals surface area (Å²) >= 11 is 0. The predicted octanol–water partition coefficient (Wildman–Crippen LogP) is 3.36. The molecule has 0 bridgehead atoms. The Bertz CT molecular complexity index is 674. The van der Waals surface area contributed by atoms with Crippen molar-refractivity contribution in [3.8, 4) is 11.3 Å². The van der Waals surface area contributed by atoms with Crippen molar-refractivity contribution in [1.82, 2.24) is 15.5 Å². The van der Waals surface area contributed by atoms with E-state index in [0.717, 1.165) is 23.4 Å². The minimum Gasteiger partial charge on any atom is -0.325 e. The van der Waals surface area contributed by atoms with Crippen LogP contribution in [0.3, 0.4) is 0 Å². The van der Waals surface area contributed by atoms with Crippen molar-refractivity contribution in [2.45, 2.75) is 44.2 Å². The first kappa shape index (κ1) is 17.0. The number of carbonyl (C=O) groups excluding carboxylic acids is 1. The van der Waals surface area contributed by atoms with Crippen LogP contribution in [0.1, 0.15) is 32.1 Å². The third-order valence-electron chi connectivity index (χ3n) is 5.12. The second kappa shape index (κ2) is 7.36. The van der Waals surface area contributed by atoms with E-state index in [0.29, 0.717) is 12.0 Å². The van der Waals surface area contributed by atoms with Crippen LogP contribution < -0.4 is 10.6 Å². The number of amides is 1. The van der Waals surface area contributed by atoms with Crippen molar-refractivity contribution in [3.05, 3.63) is 36.5 Å². The Labute approximate surface area is 148 Å². The molecule has 3 N–H and O–H groups in total. The van der Waals surface area contributed by atoms with E-state index in [1.807, 2.05) is 30.3 Å². The molecule has 2 aliphatic rings. The maximum atomic E-state index is 12.6. The van der Waals surface area contributed by atoms with E-state index >= 15 is 0 Å². The molecule has 1 aromatic carbocycles. The summed E-state index contributed by atoms with van der Waals surface area (Å²) in [4.78, 5) is 12.6. The number of fused-ring (bicyclic) bond motifs is 1. The standard InChI is InChI=1S/C18H22N4O.ClH/c23-18(17-11-13-4-1-2-7-15(13)21-17)20-14-6-3-5-12(10-14)16-8-9-19-22-16;/h3,5-6,8-10,13,15,17,21H,1-2,4,7,11H2,(H,19,22)(H,20,23);1H. The van der Waals surface area contributed by atoms with Gasteiger partial charge in [-0.2, -0.15) is 5.10 Å². The van der Waals surface area contributed by atoms with E-state index in [9.17, 15) is 4.79 Å². The molecular formula is C18H23ClN4O. The zero-order chi connectivity index (χ0) is 15.6. The van der Waals surface area contributed by atoms with Gasteiger partial charge in [-0.25, -0.2) is 0 Å². The second-order valence-electron chi connectivity index (χ2n) is 6.65. The fourth-order valence-electron chi connectivity index (χ4n) is 3.93. The van der Waals surface area contributed by atoms with Gasteiger partial charge in [-0.3, -0.25) is 9.89 Å². The van der Waals surface area contributed by atoms with Gasteiger partial charge in [-0.1, -0.05) is 25.0 Å². The summed E-state index contributed by atoms with van der Waals surface area (Å²) < 4.78 is 0. The number of hydrogen-bond acceptors (Lipinski definition) is 3. The minimum absolute atomic E-state index is 0. The lowest BCUT2D eigenvalue weighted by Gasteiger charge is -2.24. The zero-order valence-electron chi connectivity index (χ0n) is 13.5. The average molecular weight is 347 g/mol. The number of anilines is 1. The number of aromatic nitrogens is 2. The topological polar surface area (TPSA) is 69.8 Å². The molecule has 6 heteroatoms. The van der Waals surface area contributed by atoms with Gasteiger partial charge >= 0.3 is 0 Å². The second-order valence-corrected chi connectivity index (χ2v) is 6.65. The fraction of sp³-hybridized carbons (Fsp3) is 0.444. The number of carbonyl (C=O) groups is 1. The molecule has 1 saturated carbocycles. The molecule has 4 rings (SSSR count). The van der Waals surface area contributed by atoms with E-state index in [1.54, 1.807) is 6.20 Å². The molecule has 2 aromatic rings. The van der Waals surface area contributed by atoms with Crippen molar-refractivity contribution in [3.63, 3.8) is 0 Å². The van der Waals surface area contributed by atoms with Crippen LogP contribution in [0.4, 0.5) is 5.69 Å². The first-order chi connectivity index (χ1) is 11.3. The van der Waals surface area contributed by atoms with Gasteiger partial charge < -0.3 is 10.6 Å². The van der Waals surface area contributed by atoms with Crippen LogP contribution in [-0.2, 0) is 4.79 Å². The van der Waals surface area contributed by atoms with Gasteiger partial charge in [-0.15, -0.1) is 12.4 Å². The lowest BCUT2D eigenvalue weighted by Crippen LogP contribution is -2.39. The molecule has 2 fully saturated rings. The summed E-state index contributed by atoms with van der Waals surface area (Å²) in [6.07, 6.45) is 7.76. The average Bonchev–Trinajstić information content (AvgIpc) is 3.24. The molecule has 3 unspecified atom stereocenters. The zero-order valence-corrected chi connectivity index (χ0v) is 14.3. The van der Waals surface area contributed by atoms with Crippen LogP contribution in [-0.4, -0.2) is 28.2 Å². The highest BCUT2D eigenvalue weighted by Gasteiger charge is 2.38. The molecule has 2 heterocycles. The number of hydrogen-bond donors (Lipinski definition) is 3. The Morgan fingerprint density at radius 1 is 1.21 bits per heavy atom. The van der Waals surface area contributed by atoms with Crippen LogP contribution in [0.2, 0.25) is 0 Å². The van der Waals surface area contributed by atoms with Crippen molar-refractivity contribution in [1.29, 1.82) is 0 Å². The molecule has 1 aliphatic heterocycles. The molecule has 1 aromatic heterocycles. The van der Waals surface area contributed by atoms with Crippen LogP contribution in [0.5, 0.6) is 0 Å². The number of halogens is 1. The molecule has 1 saturated heterocycles. The molecule has 128 valence electrons. The van der Waals surface area contributed by atoms with Crippen LogP contribution in [0.25, 0.3) is 11.3 Å². The number of benzene rings is 1. The normalized spacial score (nSPS) is 25.6. The van der Waals surface area contributed by atoms with E-state index < -0.39 is 0 Å². The summed E-state index contributed by atoms with van der Waals surface area (Å²) in [5, 5.41) is 13.5. The molecule has 24 heavy (non-hydrogen) atoms. The highest BCUT2D eigenvalue weighted by atomic mass is 35.5. The Hall–Kier alpha value is -1.85. The summed E-state index contributed by atoms with van der Waals surface area (Å²) in [5.74, 6) is 0.761. The minimum atomic E-state index is -0.0566. The van der Waals surface area contributed by atoms with Crippen LogP contribution >= 0.6 is 12.4 Å². The number of nitrogens with zero attached hydrogens (tertiary/aromatic N) is 1. The smallest absolute Gasteiger partial charge is 0.241 e. The summed E-state index contributed by atoms with van der Waals surface area (Å²) in [7, 11) is 0. The SMILES string of the molecule is Cl.O=C(Nc1cccc(-c2ccn[nH]2)c1)C1CC2CCCCC2N1. The number of H-pyrrole nitrogens is 1. The molecule has 5 nitrogen and oxygen atoms in total. The summed E-state index contributed by atoms with van der Waals surface area (Å²) in [6, 6.07) is 10.3. The number of aromatic amines is 1. The first-order valence-corrected chi connectivity index (χ1v) is 8.46. The lowest BCUT2D eigenvalue weighted by atomic mass is 9.85. The third-order valence-corrected chi connectivity index (χ3v) is 5.12. The third kappa shape index (κ3) is 3.47. The van der Waals surface area contributed by atoms with Gasteiger partial charge in [0.25, 0.3) is 0 Å². The molecule has 1 aliphatic carbocycles. The van der Waals surface area contributed by atoms with E-state index in [4.69, 9.17) is 0 Å². The summed E-state index contributed by atoms with van der Waals surface area (Å²) in [6.45, 7) is 0. The Kier molecular flexibility index (Phi) is 5.21. The maximum absolute atomic E-state index is 12.6. The van der Waals surface area contributed by atoms with Crippen LogP contribution in [0, 0.1) is 5.92 Å². The molecule has 0 radical (unpaired) electrons. The quantitative estimate of drug-likeness (QED) is 0.798. The molecule has 3 atom stereocenters. The van der Waals surface area contributed by atoms with Crippen LogP contribution in [0.15, 0.2) is 36.5 Å². The highest BCUT2D eigenvalue weighted by Crippen LogP contribution is 2.33. The maximum Gasteiger partial charge on any atom is 0.241 e. The van der Waals surface area contributed by atoms with Crippen molar-refractivity contribution in [2.24, 2.45) is 5.92 Å². The Morgan fingerprint density at radius 3 is 2.88 bits per heavy atom. The Morgan fingerprint density at radius 2 is 2.08 bits per heavy atom. The highest BCUT2D eigenvalue weighted by molar-refractivity contribution is 5.95. The number of rotatable bonds is 3. The number of nitrogens with one attached hydrogen (secondary N) is 3. The van der Waals surface area contributed by atoms with Gasteiger partial charge in [-0.05, 0) is 43.4 Å². The first-order valence-electron chi connectivity index (χ1n) is 8.46. The van der Waals surface area contributed by atoms with Crippen molar-refractivity contribution >= 4 is 24.0 Å². The van der Waals surface area contributed by atoms with Gasteiger partial charge in [0.05, 0.1) is 11.7 Å². The molecular weight excluding hydrogens is 324 g/mol. The van der Waals surface area contributed by atoms with Gasteiger partial charge in [0.1, 0.15) is 0 Å². The largest absolute Gasteiger partial charge is 0.325 e. The lowest BCUT2D eigenvalue weighted by molar-refractivity contribution is -0.117. The molecule has 1 amide bonds. The van der Waals surface area contributed by atoms with Crippen molar-refractivity contribution in [2.75, 3.05) is 5.32 Å². The predicted molar refractivity (Wildman–Crippen MR) is 97.2 cm³/mol. The van der Waals surface area contributed by atoms with E-state index in [1.165, 1.54) is 25.7 Å². The summed E-state index contributed by atoms with van der Waals surface area (Å²) in [5.41, 5.74) is 2.80. The van der Waals surface area contributed by atoms with E-state index in [2.05, 4.69) is 20.8 Å². The van der Waals surface area contributed by atoms with E-state index in [-0.39, 0.29) is 24.4 Å². The van der Waals surface area contributed by atoms with Gasteiger partial charge in [0.15, 0.2) is 0 Å². The monoisotopic (exact) mass is 346 g/mol. The van der Waals surface area contributed by atoms with Crippen molar-refractivity contribution < 1.29 is 4.79 Å².